The molecule has 4 rings (SSSR count). The number of H-pyrrole nitrogens is 1. The highest BCUT2D eigenvalue weighted by Crippen LogP contribution is 2.37. The van der Waals surface area contributed by atoms with Gasteiger partial charge in [-0.1, -0.05) is 12.1 Å². The number of aryl methyl sites for hydroxylation is 1. The third-order valence-corrected chi connectivity index (χ3v) is 5.84. The van der Waals surface area contributed by atoms with E-state index in [1.54, 1.807) is 31.3 Å². The van der Waals surface area contributed by atoms with Gasteiger partial charge in [-0.05, 0) is 48.7 Å². The zero-order chi connectivity index (χ0) is 23.0. The molecule has 1 aliphatic rings. The van der Waals surface area contributed by atoms with Crippen molar-refractivity contribution in [1.82, 2.24) is 9.88 Å². The van der Waals surface area contributed by atoms with Gasteiger partial charge in [0.15, 0.2) is 11.6 Å². The minimum atomic E-state index is -4.34. The number of hydrogen-bond acceptors (Lipinski definition) is 3. The average Bonchev–Trinajstić information content (AvgIpc) is 3.21. The number of benzene rings is 2. The van der Waals surface area contributed by atoms with Crippen molar-refractivity contribution in [3.8, 4) is 5.75 Å². The van der Waals surface area contributed by atoms with E-state index in [-0.39, 0.29) is 30.8 Å². The van der Waals surface area contributed by atoms with Crippen LogP contribution in [0, 0.1) is 12.7 Å². The van der Waals surface area contributed by atoms with Gasteiger partial charge in [-0.3, -0.25) is 4.90 Å². The first-order valence-electron chi connectivity index (χ1n) is 10.2. The largest absolute Gasteiger partial charge is 0.486 e. The third-order valence-electron chi connectivity index (χ3n) is 5.84. The van der Waals surface area contributed by atoms with E-state index in [2.05, 4.69) is 4.98 Å². The number of hydrogen-bond donors (Lipinski definition) is 2. The number of ether oxygens (including phenoxy) is 1. The number of piperidine rings is 1. The summed E-state index contributed by atoms with van der Waals surface area (Å²) in [5, 5.41) is 9.70. The van der Waals surface area contributed by atoms with Gasteiger partial charge in [0.05, 0.1) is 17.6 Å². The number of nitrogens with one attached hydrogen (secondary N) is 1. The summed E-state index contributed by atoms with van der Waals surface area (Å²) < 4.78 is 59.9. The Hall–Kier alpha value is -3.07. The summed E-state index contributed by atoms with van der Waals surface area (Å²) in [4.78, 5) is 15.5. The van der Waals surface area contributed by atoms with Crippen LogP contribution in [0.5, 0.6) is 5.75 Å². The van der Waals surface area contributed by atoms with Gasteiger partial charge >= 0.3 is 12.1 Å². The van der Waals surface area contributed by atoms with Crippen molar-refractivity contribution in [3.05, 3.63) is 65.1 Å². The molecule has 0 aliphatic carbocycles. The Labute approximate surface area is 181 Å². The number of halogens is 4. The van der Waals surface area contributed by atoms with E-state index in [1.165, 1.54) is 23.1 Å². The average molecular weight is 450 g/mol. The summed E-state index contributed by atoms with van der Waals surface area (Å²) in [7, 11) is 0. The molecule has 2 N–H and O–H groups in total. The number of carbonyl (C=O) groups is 1. The van der Waals surface area contributed by atoms with E-state index in [4.69, 9.17) is 9.84 Å². The second-order valence-corrected chi connectivity index (χ2v) is 8.10. The van der Waals surface area contributed by atoms with E-state index in [1.807, 2.05) is 0 Å². The van der Waals surface area contributed by atoms with E-state index in [0.29, 0.717) is 10.9 Å². The van der Waals surface area contributed by atoms with Crippen LogP contribution in [0.2, 0.25) is 0 Å². The van der Waals surface area contributed by atoms with Crippen LogP contribution in [0.15, 0.2) is 42.6 Å². The first-order chi connectivity index (χ1) is 15.1. The van der Waals surface area contributed by atoms with Gasteiger partial charge in [-0.2, -0.15) is 13.2 Å². The minimum Gasteiger partial charge on any atom is -0.486 e. The molecule has 1 aromatic heterocycles. The van der Waals surface area contributed by atoms with Crippen molar-refractivity contribution in [1.29, 1.82) is 0 Å². The molecule has 1 fully saturated rings. The van der Waals surface area contributed by atoms with Gasteiger partial charge in [0.2, 0.25) is 0 Å². The zero-order valence-corrected chi connectivity index (χ0v) is 17.2. The summed E-state index contributed by atoms with van der Waals surface area (Å²) in [5.41, 5.74) is 2.17. The number of alkyl halides is 3. The standard InChI is InChI=1S/C23H22F4N2O3/c1-13-10-18(24)21(16-6-8-28-20(13)16)32-19-7-9-29(12-23(25,26)27)11-17(19)14-2-4-15(5-3-14)22(30)31/h2-6,8,10,17,19,28H,7,9,11-12H2,1H3,(H,30,31)/t17-,19+/m0/s1. The quantitative estimate of drug-likeness (QED) is 0.530. The molecular formula is C23H22F4N2O3. The molecule has 0 bridgehead atoms. The van der Waals surface area contributed by atoms with Crippen molar-refractivity contribution in [2.45, 2.75) is 31.5 Å². The second-order valence-electron chi connectivity index (χ2n) is 8.10. The first kappa shape index (κ1) is 22.1. The molecule has 2 atom stereocenters. The molecule has 170 valence electrons. The van der Waals surface area contributed by atoms with Crippen LogP contribution in [-0.2, 0) is 0 Å². The van der Waals surface area contributed by atoms with Gasteiger partial charge in [0, 0.05) is 30.6 Å². The molecule has 0 amide bonds. The molecule has 9 heteroatoms. The molecule has 0 unspecified atom stereocenters. The Bertz CT molecular complexity index is 1120. The summed E-state index contributed by atoms with van der Waals surface area (Å²) in [6, 6.07) is 9.06. The highest BCUT2D eigenvalue weighted by molar-refractivity contribution is 5.89. The molecule has 0 radical (unpaired) electrons. The summed E-state index contributed by atoms with van der Waals surface area (Å²) in [6.45, 7) is 0.927. The van der Waals surface area contributed by atoms with Crippen molar-refractivity contribution in [3.63, 3.8) is 0 Å². The van der Waals surface area contributed by atoms with Crippen molar-refractivity contribution in [2.24, 2.45) is 0 Å². The molecule has 2 heterocycles. The van der Waals surface area contributed by atoms with Gasteiger partial charge in [0.1, 0.15) is 6.10 Å². The lowest BCUT2D eigenvalue weighted by Gasteiger charge is -2.39. The molecule has 5 nitrogen and oxygen atoms in total. The molecular weight excluding hydrogens is 428 g/mol. The molecule has 3 aromatic rings. The van der Waals surface area contributed by atoms with Crippen LogP contribution >= 0.6 is 0 Å². The number of aromatic carboxylic acids is 1. The number of fused-ring (bicyclic) bond motifs is 1. The summed E-state index contributed by atoms with van der Waals surface area (Å²) in [6.07, 6.45) is -2.98. The lowest BCUT2D eigenvalue weighted by molar-refractivity contribution is -0.150. The predicted molar refractivity (Wildman–Crippen MR) is 111 cm³/mol. The molecule has 1 aliphatic heterocycles. The molecule has 2 aromatic carbocycles. The first-order valence-corrected chi connectivity index (χ1v) is 10.2. The highest BCUT2D eigenvalue weighted by atomic mass is 19.4. The maximum atomic E-state index is 14.8. The maximum Gasteiger partial charge on any atom is 0.401 e. The van der Waals surface area contributed by atoms with E-state index in [0.717, 1.165) is 11.1 Å². The summed E-state index contributed by atoms with van der Waals surface area (Å²) in [5.74, 6) is -2.06. The Kier molecular flexibility index (Phi) is 5.85. The second kappa shape index (κ2) is 8.46. The van der Waals surface area contributed by atoms with E-state index >= 15 is 0 Å². The van der Waals surface area contributed by atoms with Crippen molar-refractivity contribution >= 4 is 16.9 Å². The Balaban J connectivity index is 1.67. The molecule has 1 saturated heterocycles. The van der Waals surface area contributed by atoms with Crippen molar-refractivity contribution in [2.75, 3.05) is 19.6 Å². The third kappa shape index (κ3) is 4.57. The molecule has 32 heavy (non-hydrogen) atoms. The van der Waals surface area contributed by atoms with Crippen LogP contribution in [0.25, 0.3) is 10.9 Å². The fourth-order valence-corrected chi connectivity index (χ4v) is 4.34. The van der Waals surface area contributed by atoms with E-state index in [9.17, 15) is 22.4 Å². The maximum absolute atomic E-state index is 14.8. The number of rotatable bonds is 5. The number of carboxylic acids is 1. The fourth-order valence-electron chi connectivity index (χ4n) is 4.34. The number of carboxylic acid groups (broad SMARTS) is 1. The topological polar surface area (TPSA) is 65.6 Å². The van der Waals surface area contributed by atoms with Gasteiger partial charge in [-0.15, -0.1) is 0 Å². The zero-order valence-electron chi connectivity index (χ0n) is 17.2. The van der Waals surface area contributed by atoms with Gasteiger partial charge in [-0.25, -0.2) is 9.18 Å². The van der Waals surface area contributed by atoms with Crippen LogP contribution in [0.4, 0.5) is 17.6 Å². The van der Waals surface area contributed by atoms with Crippen LogP contribution in [0.1, 0.15) is 33.8 Å². The number of nitrogens with zero attached hydrogens (tertiary/aromatic N) is 1. The number of aromatic amines is 1. The Morgan fingerprint density at radius 1 is 1.25 bits per heavy atom. The normalized spacial score (nSPS) is 19.9. The monoisotopic (exact) mass is 450 g/mol. The number of aromatic nitrogens is 1. The predicted octanol–water partition coefficient (Wildman–Crippen LogP) is 5.11. The Morgan fingerprint density at radius 3 is 2.62 bits per heavy atom. The van der Waals surface area contributed by atoms with Crippen molar-refractivity contribution < 1.29 is 32.2 Å². The van der Waals surface area contributed by atoms with Crippen LogP contribution in [-0.4, -0.2) is 52.9 Å². The lowest BCUT2D eigenvalue weighted by atomic mass is 9.87. The highest BCUT2D eigenvalue weighted by Gasteiger charge is 2.38. The fraction of sp³-hybridized carbons (Fsp3) is 0.348. The smallest absolute Gasteiger partial charge is 0.401 e. The molecule has 0 spiro atoms. The lowest BCUT2D eigenvalue weighted by Crippen LogP contribution is -2.47. The minimum absolute atomic E-state index is 0.0559. The van der Waals surface area contributed by atoms with E-state index < -0.39 is 36.5 Å². The Morgan fingerprint density at radius 2 is 1.97 bits per heavy atom. The van der Waals surface area contributed by atoms with Gasteiger partial charge < -0.3 is 14.8 Å². The van der Waals surface area contributed by atoms with Crippen LogP contribution in [0.3, 0.4) is 0 Å². The SMILES string of the molecule is Cc1cc(F)c(O[C@@H]2CCN(CC(F)(F)F)C[C@H]2c2ccc(C(=O)O)cc2)c2cc[nH]c12. The van der Waals surface area contributed by atoms with Gasteiger partial charge in [0.25, 0.3) is 0 Å². The molecule has 0 saturated carbocycles. The number of likely N-dealkylation sites (tertiary alicyclic amines) is 1. The van der Waals surface area contributed by atoms with Crippen LogP contribution < -0.4 is 4.74 Å². The summed E-state index contributed by atoms with van der Waals surface area (Å²) >= 11 is 0.